The summed E-state index contributed by atoms with van der Waals surface area (Å²) < 4.78 is 0. The number of benzene rings is 2. The number of phenolic OH excluding ortho intramolecular Hbond substituents is 2. The van der Waals surface area contributed by atoms with Crippen molar-refractivity contribution in [2.75, 3.05) is 6.54 Å². The number of amides is 1. The van der Waals surface area contributed by atoms with Crippen LogP contribution in [0.1, 0.15) is 21.6 Å². The van der Waals surface area contributed by atoms with Gasteiger partial charge in [-0.1, -0.05) is 24.3 Å². The maximum absolute atomic E-state index is 13.4. The molecule has 5 rings (SSSR count). The van der Waals surface area contributed by atoms with Crippen LogP contribution < -0.4 is 0 Å². The predicted molar refractivity (Wildman–Crippen MR) is 109 cm³/mol. The van der Waals surface area contributed by atoms with Crippen LogP contribution in [-0.2, 0) is 13.0 Å². The minimum Gasteiger partial charge on any atom is -0.504 e. The Kier molecular flexibility index (Phi) is 4.24. The molecule has 1 aliphatic rings. The topological polar surface area (TPSA) is 112 Å². The number of para-hydroxylation sites is 1. The van der Waals surface area contributed by atoms with E-state index in [2.05, 4.69) is 19.9 Å². The van der Waals surface area contributed by atoms with Crippen molar-refractivity contribution in [3.63, 3.8) is 0 Å². The molecule has 1 amide bonds. The Morgan fingerprint density at radius 2 is 1.90 bits per heavy atom. The van der Waals surface area contributed by atoms with Gasteiger partial charge in [0.2, 0.25) is 0 Å². The summed E-state index contributed by atoms with van der Waals surface area (Å²) in [5.74, 6) is -0.121. The van der Waals surface area contributed by atoms with Crippen LogP contribution >= 0.6 is 0 Å². The van der Waals surface area contributed by atoms with Crippen molar-refractivity contribution in [3.05, 3.63) is 71.8 Å². The van der Waals surface area contributed by atoms with E-state index < -0.39 is 0 Å². The molecule has 1 aliphatic heterocycles. The van der Waals surface area contributed by atoms with Gasteiger partial charge >= 0.3 is 0 Å². The summed E-state index contributed by atoms with van der Waals surface area (Å²) in [5, 5.41) is 20.5. The van der Waals surface area contributed by atoms with E-state index in [1.807, 2.05) is 24.3 Å². The third-order valence-electron chi connectivity index (χ3n) is 5.26. The second-order valence-corrected chi connectivity index (χ2v) is 7.06. The van der Waals surface area contributed by atoms with Crippen molar-refractivity contribution in [1.29, 1.82) is 0 Å². The van der Waals surface area contributed by atoms with E-state index in [4.69, 9.17) is 0 Å². The summed E-state index contributed by atoms with van der Waals surface area (Å²) in [6.07, 6.45) is 3.47. The molecule has 0 atom stereocenters. The molecule has 0 bridgehead atoms. The number of nitrogens with zero attached hydrogens (tertiary/aromatic N) is 5. The minimum absolute atomic E-state index is 0.113. The summed E-state index contributed by atoms with van der Waals surface area (Å²) in [6.45, 7) is 0.729. The van der Waals surface area contributed by atoms with E-state index in [0.717, 1.165) is 5.56 Å². The molecule has 0 saturated heterocycles. The predicted octanol–water partition coefficient (Wildman–Crippen LogP) is 2.70. The molecule has 0 fully saturated rings. The SMILES string of the molecule is O=C(c1nc(-c2ccncn2)nc2ccccc12)N1CCc2c(ccc(O)c2O)C1. The van der Waals surface area contributed by atoms with Gasteiger partial charge in [0, 0.05) is 30.2 Å². The molecule has 0 aliphatic carbocycles. The third kappa shape index (κ3) is 2.98. The van der Waals surface area contributed by atoms with Crippen LogP contribution in [0.5, 0.6) is 11.5 Å². The van der Waals surface area contributed by atoms with Gasteiger partial charge in [-0.25, -0.2) is 19.9 Å². The number of fused-ring (bicyclic) bond motifs is 2. The van der Waals surface area contributed by atoms with E-state index in [-0.39, 0.29) is 17.4 Å². The van der Waals surface area contributed by atoms with Crippen molar-refractivity contribution >= 4 is 16.8 Å². The van der Waals surface area contributed by atoms with Gasteiger partial charge in [0.15, 0.2) is 17.3 Å². The number of carbonyl (C=O) groups excluding carboxylic acids is 1. The summed E-state index contributed by atoms with van der Waals surface area (Å²) in [7, 11) is 0. The maximum Gasteiger partial charge on any atom is 0.273 e. The Morgan fingerprint density at radius 3 is 2.73 bits per heavy atom. The van der Waals surface area contributed by atoms with E-state index >= 15 is 0 Å². The van der Waals surface area contributed by atoms with Crippen LogP contribution in [0.2, 0.25) is 0 Å². The van der Waals surface area contributed by atoms with Crippen LogP contribution in [0, 0.1) is 0 Å². The first-order valence-electron chi connectivity index (χ1n) is 9.47. The Bertz CT molecular complexity index is 1280. The molecule has 148 valence electrons. The van der Waals surface area contributed by atoms with Crippen LogP contribution in [0.25, 0.3) is 22.4 Å². The number of aromatic nitrogens is 4. The zero-order chi connectivity index (χ0) is 20.7. The zero-order valence-corrected chi connectivity index (χ0v) is 15.9. The van der Waals surface area contributed by atoms with Crippen LogP contribution in [-0.4, -0.2) is 47.5 Å². The van der Waals surface area contributed by atoms with Crippen LogP contribution in [0.15, 0.2) is 55.0 Å². The van der Waals surface area contributed by atoms with Crippen molar-refractivity contribution < 1.29 is 15.0 Å². The molecule has 30 heavy (non-hydrogen) atoms. The normalized spacial score (nSPS) is 13.3. The molecule has 8 nitrogen and oxygen atoms in total. The highest BCUT2D eigenvalue weighted by molar-refractivity contribution is 6.04. The van der Waals surface area contributed by atoms with Crippen molar-refractivity contribution in [2.24, 2.45) is 0 Å². The largest absolute Gasteiger partial charge is 0.504 e. The lowest BCUT2D eigenvalue weighted by Gasteiger charge is -2.29. The average Bonchev–Trinajstić information content (AvgIpc) is 2.80. The molecule has 0 saturated carbocycles. The quantitative estimate of drug-likeness (QED) is 0.498. The maximum atomic E-state index is 13.4. The third-order valence-corrected chi connectivity index (χ3v) is 5.26. The van der Waals surface area contributed by atoms with Crippen molar-refractivity contribution in [3.8, 4) is 23.0 Å². The molecule has 2 N–H and O–H groups in total. The molecule has 0 radical (unpaired) electrons. The Morgan fingerprint density at radius 1 is 1.03 bits per heavy atom. The minimum atomic E-state index is -0.220. The first-order valence-corrected chi connectivity index (χ1v) is 9.47. The zero-order valence-electron chi connectivity index (χ0n) is 15.9. The number of phenols is 2. The molecule has 0 unspecified atom stereocenters. The lowest BCUT2D eigenvalue weighted by atomic mass is 9.97. The van der Waals surface area contributed by atoms with Gasteiger partial charge in [-0.2, -0.15) is 0 Å². The fourth-order valence-corrected chi connectivity index (χ4v) is 3.72. The fourth-order valence-electron chi connectivity index (χ4n) is 3.72. The van der Waals surface area contributed by atoms with Gasteiger partial charge in [0.05, 0.1) is 5.52 Å². The number of hydrogen-bond donors (Lipinski definition) is 2. The van der Waals surface area contributed by atoms with Gasteiger partial charge in [-0.3, -0.25) is 4.79 Å². The van der Waals surface area contributed by atoms with Gasteiger partial charge in [-0.15, -0.1) is 0 Å². The smallest absolute Gasteiger partial charge is 0.273 e. The standard InChI is InChI=1S/C22H17N5O3/c28-18-6-5-13-11-27(10-8-14(13)20(18)29)22(30)19-15-3-1-2-4-16(15)25-21(26-19)17-7-9-23-12-24-17/h1-7,9,12,28-29H,8,10-11H2. The highest BCUT2D eigenvalue weighted by Crippen LogP contribution is 2.35. The molecule has 4 aromatic rings. The second-order valence-electron chi connectivity index (χ2n) is 7.06. The van der Waals surface area contributed by atoms with Crippen molar-refractivity contribution in [1.82, 2.24) is 24.8 Å². The number of carbonyl (C=O) groups is 1. The Hall–Kier alpha value is -4.07. The summed E-state index contributed by atoms with van der Waals surface area (Å²) >= 11 is 0. The average molecular weight is 399 g/mol. The van der Waals surface area contributed by atoms with Gasteiger partial charge in [-0.05, 0) is 30.2 Å². The molecule has 0 spiro atoms. The summed E-state index contributed by atoms with van der Waals surface area (Å²) in [4.78, 5) is 32.4. The van der Waals surface area contributed by atoms with Gasteiger partial charge in [0.25, 0.3) is 5.91 Å². The fraction of sp³-hybridized carbons (Fsp3) is 0.136. The number of hydrogen-bond acceptors (Lipinski definition) is 7. The van der Waals surface area contributed by atoms with Gasteiger partial charge in [0.1, 0.15) is 17.7 Å². The van der Waals surface area contributed by atoms with Crippen molar-refractivity contribution in [2.45, 2.75) is 13.0 Å². The molecule has 3 heterocycles. The highest BCUT2D eigenvalue weighted by atomic mass is 16.3. The molecule has 2 aromatic carbocycles. The van der Waals surface area contributed by atoms with E-state index in [1.165, 1.54) is 12.4 Å². The Labute approximate surface area is 171 Å². The monoisotopic (exact) mass is 399 g/mol. The summed E-state index contributed by atoms with van der Waals surface area (Å²) in [5.41, 5.74) is 2.98. The summed E-state index contributed by atoms with van der Waals surface area (Å²) in [6, 6.07) is 12.2. The highest BCUT2D eigenvalue weighted by Gasteiger charge is 2.27. The first-order chi connectivity index (χ1) is 14.6. The van der Waals surface area contributed by atoms with E-state index in [0.29, 0.717) is 53.2 Å². The molecular weight excluding hydrogens is 382 g/mol. The van der Waals surface area contributed by atoms with Crippen LogP contribution in [0.4, 0.5) is 0 Å². The lowest BCUT2D eigenvalue weighted by Crippen LogP contribution is -2.36. The van der Waals surface area contributed by atoms with Gasteiger partial charge < -0.3 is 15.1 Å². The Balaban J connectivity index is 1.57. The van der Waals surface area contributed by atoms with E-state index in [1.54, 1.807) is 23.2 Å². The molecule has 8 heteroatoms. The van der Waals surface area contributed by atoms with Crippen LogP contribution in [0.3, 0.4) is 0 Å². The van der Waals surface area contributed by atoms with E-state index in [9.17, 15) is 15.0 Å². The lowest BCUT2D eigenvalue weighted by molar-refractivity contribution is 0.0730. The number of aromatic hydroxyl groups is 2. The second kappa shape index (κ2) is 7.07. The molecule has 2 aromatic heterocycles. The molecular formula is C22H17N5O3. The number of rotatable bonds is 2. The first kappa shape index (κ1) is 18.0.